The van der Waals surface area contributed by atoms with Crippen molar-refractivity contribution in [1.29, 1.82) is 0 Å². The van der Waals surface area contributed by atoms with Crippen molar-refractivity contribution in [2.24, 2.45) is 0 Å². The number of benzene rings is 1. The molecule has 0 radical (unpaired) electrons. The minimum atomic E-state index is -0.616. The molecule has 1 atom stereocenters. The lowest BCUT2D eigenvalue weighted by Crippen LogP contribution is -2.27. The van der Waals surface area contributed by atoms with Crippen LogP contribution in [0.5, 0.6) is 0 Å². The molecule has 0 aliphatic carbocycles. The molecule has 1 aromatic carbocycles. The Balaban J connectivity index is 2.21. The average Bonchev–Trinajstić information content (AvgIpc) is 2.85. The molecule has 1 amide bonds. The zero-order valence-electron chi connectivity index (χ0n) is 11.0. The molecule has 2 rings (SSSR count). The number of anilines is 1. The van der Waals surface area contributed by atoms with Gasteiger partial charge in [0.15, 0.2) is 0 Å². The molecule has 0 aliphatic heterocycles. The number of halogens is 1. The third-order valence-electron chi connectivity index (χ3n) is 2.89. The number of nitrogen functional groups attached to an aromatic ring is 1. The van der Waals surface area contributed by atoms with Gasteiger partial charge in [-0.3, -0.25) is 14.9 Å². The van der Waals surface area contributed by atoms with Crippen LogP contribution in [0.15, 0.2) is 30.3 Å². The molecule has 2 aromatic rings. The van der Waals surface area contributed by atoms with Gasteiger partial charge >= 0.3 is 0 Å². The second kappa shape index (κ2) is 6.11. The van der Waals surface area contributed by atoms with Crippen molar-refractivity contribution in [2.75, 3.05) is 5.73 Å². The minimum absolute atomic E-state index is 0.0821. The molecule has 0 saturated carbocycles. The SMILES string of the molecule is CC(NC(=O)c1cccc([N+](=O)[O-])c1N)c1ccc(Cl)s1. The van der Waals surface area contributed by atoms with Crippen molar-refractivity contribution in [1.82, 2.24) is 5.32 Å². The molecule has 0 bridgehead atoms. The number of hydrogen-bond donors (Lipinski definition) is 2. The molecule has 8 heteroatoms. The molecule has 1 aromatic heterocycles. The van der Waals surface area contributed by atoms with Crippen LogP contribution in [0.4, 0.5) is 11.4 Å². The quantitative estimate of drug-likeness (QED) is 0.511. The van der Waals surface area contributed by atoms with Gasteiger partial charge in [0, 0.05) is 10.9 Å². The molecule has 6 nitrogen and oxygen atoms in total. The maximum atomic E-state index is 12.2. The Labute approximate surface area is 129 Å². The van der Waals surface area contributed by atoms with E-state index in [2.05, 4.69) is 5.32 Å². The molecule has 0 saturated heterocycles. The Bertz CT molecular complexity index is 702. The van der Waals surface area contributed by atoms with Gasteiger partial charge in [-0.05, 0) is 25.1 Å². The summed E-state index contributed by atoms with van der Waals surface area (Å²) in [6, 6.07) is 7.42. The van der Waals surface area contributed by atoms with Crippen molar-refractivity contribution in [3.63, 3.8) is 0 Å². The number of rotatable bonds is 4. The van der Waals surface area contributed by atoms with Gasteiger partial charge in [0.1, 0.15) is 5.69 Å². The third kappa shape index (κ3) is 3.32. The Hall–Kier alpha value is -2.12. The predicted octanol–water partition coefficient (Wildman–Crippen LogP) is 3.38. The van der Waals surface area contributed by atoms with E-state index < -0.39 is 10.8 Å². The fraction of sp³-hybridized carbons (Fsp3) is 0.154. The van der Waals surface area contributed by atoms with E-state index in [4.69, 9.17) is 17.3 Å². The number of amides is 1. The Kier molecular flexibility index (Phi) is 4.44. The summed E-state index contributed by atoms with van der Waals surface area (Å²) in [5.41, 5.74) is 5.34. The molecule has 0 aliphatic rings. The second-order valence-electron chi connectivity index (χ2n) is 4.33. The Morgan fingerprint density at radius 1 is 1.43 bits per heavy atom. The van der Waals surface area contributed by atoms with Crippen LogP contribution in [0.3, 0.4) is 0 Å². The second-order valence-corrected chi connectivity index (χ2v) is 6.08. The van der Waals surface area contributed by atoms with Gasteiger partial charge in [0.05, 0.1) is 20.9 Å². The molecule has 21 heavy (non-hydrogen) atoms. The lowest BCUT2D eigenvalue weighted by molar-refractivity contribution is -0.383. The van der Waals surface area contributed by atoms with Crippen molar-refractivity contribution in [3.8, 4) is 0 Å². The Morgan fingerprint density at radius 2 is 2.14 bits per heavy atom. The standard InChI is InChI=1S/C13H12ClN3O3S/c1-7(10-5-6-11(14)21-10)16-13(18)8-3-2-4-9(12(8)15)17(19)20/h2-7H,15H2,1H3,(H,16,18). The summed E-state index contributed by atoms with van der Waals surface area (Å²) in [6.07, 6.45) is 0. The fourth-order valence-electron chi connectivity index (χ4n) is 1.82. The summed E-state index contributed by atoms with van der Waals surface area (Å²) in [5, 5.41) is 13.6. The molecular formula is C13H12ClN3O3S. The average molecular weight is 326 g/mol. The minimum Gasteiger partial charge on any atom is -0.393 e. The number of para-hydroxylation sites is 1. The van der Waals surface area contributed by atoms with Gasteiger partial charge < -0.3 is 11.1 Å². The van der Waals surface area contributed by atoms with E-state index in [-0.39, 0.29) is 23.0 Å². The number of nitrogens with zero attached hydrogens (tertiary/aromatic N) is 1. The van der Waals surface area contributed by atoms with E-state index >= 15 is 0 Å². The van der Waals surface area contributed by atoms with Gasteiger partial charge in [-0.25, -0.2) is 0 Å². The van der Waals surface area contributed by atoms with Crippen LogP contribution >= 0.6 is 22.9 Å². The summed E-state index contributed by atoms with van der Waals surface area (Å²) < 4.78 is 0.626. The number of carbonyl (C=O) groups excluding carboxylic acids is 1. The highest BCUT2D eigenvalue weighted by Crippen LogP contribution is 2.28. The highest BCUT2D eigenvalue weighted by molar-refractivity contribution is 7.16. The number of thiophene rings is 1. The van der Waals surface area contributed by atoms with Crippen LogP contribution in [0.25, 0.3) is 0 Å². The van der Waals surface area contributed by atoms with E-state index in [1.165, 1.54) is 29.5 Å². The number of nitrogens with two attached hydrogens (primary N) is 1. The molecule has 1 unspecified atom stereocenters. The van der Waals surface area contributed by atoms with E-state index in [0.717, 1.165) is 4.88 Å². The van der Waals surface area contributed by atoms with Crippen LogP contribution in [0, 0.1) is 10.1 Å². The molecule has 3 N–H and O–H groups in total. The highest BCUT2D eigenvalue weighted by atomic mass is 35.5. The number of nitro benzene ring substituents is 1. The van der Waals surface area contributed by atoms with Crippen molar-refractivity contribution in [2.45, 2.75) is 13.0 Å². The van der Waals surface area contributed by atoms with Crippen LogP contribution < -0.4 is 11.1 Å². The number of nitrogens with one attached hydrogen (secondary N) is 1. The first-order chi connectivity index (χ1) is 9.90. The Morgan fingerprint density at radius 3 is 2.71 bits per heavy atom. The monoisotopic (exact) mass is 325 g/mol. The first-order valence-corrected chi connectivity index (χ1v) is 7.18. The van der Waals surface area contributed by atoms with E-state index in [1.54, 1.807) is 13.0 Å². The smallest absolute Gasteiger partial charge is 0.292 e. The molecular weight excluding hydrogens is 314 g/mol. The normalized spacial score (nSPS) is 11.9. The maximum Gasteiger partial charge on any atom is 0.292 e. The van der Waals surface area contributed by atoms with Crippen LogP contribution in [0.2, 0.25) is 4.34 Å². The first kappa shape index (κ1) is 15.3. The molecule has 1 heterocycles. The lowest BCUT2D eigenvalue weighted by Gasteiger charge is -2.13. The number of carbonyl (C=O) groups is 1. The van der Waals surface area contributed by atoms with Crippen LogP contribution in [0.1, 0.15) is 28.2 Å². The lowest BCUT2D eigenvalue weighted by atomic mass is 10.1. The summed E-state index contributed by atoms with van der Waals surface area (Å²) >= 11 is 7.21. The summed E-state index contributed by atoms with van der Waals surface area (Å²) in [6.45, 7) is 1.80. The van der Waals surface area contributed by atoms with Crippen LogP contribution in [-0.4, -0.2) is 10.8 Å². The van der Waals surface area contributed by atoms with E-state index in [1.807, 2.05) is 6.07 Å². The van der Waals surface area contributed by atoms with Gasteiger partial charge in [-0.15, -0.1) is 11.3 Å². The summed E-state index contributed by atoms with van der Waals surface area (Å²) in [4.78, 5) is 23.3. The highest BCUT2D eigenvalue weighted by Gasteiger charge is 2.20. The number of nitro groups is 1. The molecule has 110 valence electrons. The third-order valence-corrected chi connectivity index (χ3v) is 4.31. The zero-order chi connectivity index (χ0) is 15.6. The zero-order valence-corrected chi connectivity index (χ0v) is 12.6. The number of hydrogen-bond acceptors (Lipinski definition) is 5. The predicted molar refractivity (Wildman–Crippen MR) is 82.7 cm³/mol. The van der Waals surface area contributed by atoms with Gasteiger partial charge in [0.25, 0.3) is 11.6 Å². The summed E-state index contributed by atoms with van der Waals surface area (Å²) in [7, 11) is 0. The topological polar surface area (TPSA) is 98.3 Å². The van der Waals surface area contributed by atoms with E-state index in [9.17, 15) is 14.9 Å². The van der Waals surface area contributed by atoms with Gasteiger partial charge in [-0.2, -0.15) is 0 Å². The summed E-state index contributed by atoms with van der Waals surface area (Å²) in [5.74, 6) is -0.465. The largest absolute Gasteiger partial charge is 0.393 e. The van der Waals surface area contributed by atoms with Crippen LogP contribution in [-0.2, 0) is 0 Å². The molecule has 0 fully saturated rings. The van der Waals surface area contributed by atoms with Crippen molar-refractivity contribution >= 4 is 40.2 Å². The maximum absolute atomic E-state index is 12.2. The first-order valence-electron chi connectivity index (χ1n) is 5.99. The fourth-order valence-corrected chi connectivity index (χ4v) is 2.88. The molecule has 0 spiro atoms. The van der Waals surface area contributed by atoms with Crippen molar-refractivity contribution < 1.29 is 9.72 Å². The van der Waals surface area contributed by atoms with E-state index in [0.29, 0.717) is 4.34 Å². The van der Waals surface area contributed by atoms with Gasteiger partial charge in [-0.1, -0.05) is 17.7 Å². The van der Waals surface area contributed by atoms with Crippen molar-refractivity contribution in [3.05, 3.63) is 55.2 Å². The van der Waals surface area contributed by atoms with Gasteiger partial charge in [0.2, 0.25) is 0 Å².